The van der Waals surface area contributed by atoms with Gasteiger partial charge in [0.15, 0.2) is 0 Å². The highest BCUT2D eigenvalue weighted by molar-refractivity contribution is 5.92. The smallest absolute Gasteiger partial charge is 0.269 e. The first-order chi connectivity index (χ1) is 10.5. The molecule has 1 unspecified atom stereocenters. The maximum absolute atomic E-state index is 13.1. The maximum Gasteiger partial charge on any atom is 0.269 e. The molecule has 1 aromatic carbocycles. The summed E-state index contributed by atoms with van der Waals surface area (Å²) in [6, 6.07) is 7.67. The number of aryl methyl sites for hydroxylation is 2. The molecule has 0 spiro atoms. The van der Waals surface area contributed by atoms with Crippen LogP contribution in [0.4, 0.5) is 4.39 Å². The van der Waals surface area contributed by atoms with E-state index in [2.05, 4.69) is 10.4 Å². The number of nitrogens with one attached hydrogen (secondary N) is 1. The first-order valence-electron chi connectivity index (χ1n) is 7.24. The number of aromatic nitrogens is 2. The van der Waals surface area contributed by atoms with Crippen molar-refractivity contribution in [3.8, 4) is 5.75 Å². The molecule has 0 fully saturated rings. The number of carbonyl (C=O) groups is 1. The highest BCUT2D eigenvalue weighted by atomic mass is 19.1. The number of nitrogens with zero attached hydrogens (tertiary/aromatic N) is 2. The van der Waals surface area contributed by atoms with E-state index < -0.39 is 0 Å². The van der Waals surface area contributed by atoms with Crippen LogP contribution >= 0.6 is 0 Å². The second-order valence-corrected chi connectivity index (χ2v) is 5.08. The molecule has 0 aliphatic carbocycles. The Morgan fingerprint density at radius 1 is 1.45 bits per heavy atom. The average molecular weight is 305 g/mol. The zero-order chi connectivity index (χ0) is 16.1. The van der Waals surface area contributed by atoms with Gasteiger partial charge >= 0.3 is 0 Å². The summed E-state index contributed by atoms with van der Waals surface area (Å²) < 4.78 is 20.3. The summed E-state index contributed by atoms with van der Waals surface area (Å²) in [5.74, 6) is -0.107. The fourth-order valence-corrected chi connectivity index (χ4v) is 2.11. The van der Waals surface area contributed by atoms with E-state index in [9.17, 15) is 9.18 Å². The Kier molecular flexibility index (Phi) is 5.14. The van der Waals surface area contributed by atoms with Crippen molar-refractivity contribution in [3.63, 3.8) is 0 Å². The third-order valence-corrected chi connectivity index (χ3v) is 3.12. The van der Waals surface area contributed by atoms with Gasteiger partial charge < -0.3 is 10.1 Å². The fraction of sp³-hybridized carbons (Fsp3) is 0.375. The van der Waals surface area contributed by atoms with Crippen molar-refractivity contribution in [1.29, 1.82) is 0 Å². The van der Waals surface area contributed by atoms with Crippen LogP contribution in [0.5, 0.6) is 5.75 Å². The van der Waals surface area contributed by atoms with Crippen molar-refractivity contribution in [1.82, 2.24) is 15.1 Å². The summed E-state index contributed by atoms with van der Waals surface area (Å²) in [4.78, 5) is 12.2. The molecule has 1 heterocycles. The minimum absolute atomic E-state index is 0.197. The van der Waals surface area contributed by atoms with E-state index in [0.29, 0.717) is 24.5 Å². The molecule has 0 saturated heterocycles. The van der Waals surface area contributed by atoms with Crippen LogP contribution in [-0.4, -0.2) is 28.3 Å². The number of hydrogen-bond donors (Lipinski definition) is 1. The molecule has 0 saturated carbocycles. The van der Waals surface area contributed by atoms with Crippen LogP contribution in [0.1, 0.15) is 30.0 Å². The minimum Gasteiger partial charge on any atom is -0.489 e. The molecule has 0 bridgehead atoms. The van der Waals surface area contributed by atoms with Gasteiger partial charge in [0.25, 0.3) is 5.91 Å². The van der Waals surface area contributed by atoms with Crippen molar-refractivity contribution in [2.75, 3.05) is 6.54 Å². The minimum atomic E-state index is -0.351. The molecular formula is C16H20FN3O2. The largest absolute Gasteiger partial charge is 0.489 e. The van der Waals surface area contributed by atoms with Gasteiger partial charge in [-0.2, -0.15) is 5.10 Å². The molecule has 1 N–H and O–H groups in total. The van der Waals surface area contributed by atoms with Gasteiger partial charge in [-0.25, -0.2) is 4.39 Å². The summed E-state index contributed by atoms with van der Waals surface area (Å²) >= 11 is 0. The van der Waals surface area contributed by atoms with E-state index in [4.69, 9.17) is 4.74 Å². The Hall–Kier alpha value is -2.37. The summed E-state index contributed by atoms with van der Waals surface area (Å²) in [5, 5.41) is 7.04. The van der Waals surface area contributed by atoms with Crippen molar-refractivity contribution >= 4 is 5.91 Å². The van der Waals surface area contributed by atoms with Gasteiger partial charge in [0.05, 0.1) is 12.2 Å². The molecule has 6 heteroatoms. The van der Waals surface area contributed by atoms with Gasteiger partial charge in [-0.15, -0.1) is 0 Å². The molecule has 118 valence electrons. The van der Waals surface area contributed by atoms with Gasteiger partial charge in [0.2, 0.25) is 0 Å². The topological polar surface area (TPSA) is 56.2 Å². The molecule has 1 atom stereocenters. The van der Waals surface area contributed by atoms with Crippen molar-refractivity contribution < 1.29 is 13.9 Å². The summed E-state index contributed by atoms with van der Waals surface area (Å²) in [6.45, 7) is 6.54. The molecule has 1 aromatic heterocycles. The Morgan fingerprint density at radius 3 is 2.91 bits per heavy atom. The fourth-order valence-electron chi connectivity index (χ4n) is 2.11. The van der Waals surface area contributed by atoms with Gasteiger partial charge in [-0.1, -0.05) is 6.07 Å². The van der Waals surface area contributed by atoms with Gasteiger partial charge in [-0.3, -0.25) is 9.48 Å². The van der Waals surface area contributed by atoms with E-state index in [-0.39, 0.29) is 17.8 Å². The van der Waals surface area contributed by atoms with Crippen LogP contribution in [0, 0.1) is 12.7 Å². The van der Waals surface area contributed by atoms with Crippen LogP contribution in [0.25, 0.3) is 0 Å². The molecule has 22 heavy (non-hydrogen) atoms. The van der Waals surface area contributed by atoms with Gasteiger partial charge in [0, 0.05) is 12.6 Å². The van der Waals surface area contributed by atoms with Crippen LogP contribution in [-0.2, 0) is 6.54 Å². The normalized spacial score (nSPS) is 12.0. The number of rotatable bonds is 6. The Balaban J connectivity index is 1.90. The first-order valence-corrected chi connectivity index (χ1v) is 7.24. The summed E-state index contributed by atoms with van der Waals surface area (Å²) in [5.41, 5.74) is 1.33. The number of hydrogen-bond acceptors (Lipinski definition) is 3. The lowest BCUT2D eigenvalue weighted by molar-refractivity contribution is 0.0921. The molecule has 0 aliphatic rings. The van der Waals surface area contributed by atoms with E-state index in [1.807, 2.05) is 20.8 Å². The average Bonchev–Trinajstić information content (AvgIpc) is 2.86. The monoisotopic (exact) mass is 305 g/mol. The lowest BCUT2D eigenvalue weighted by Gasteiger charge is -2.15. The third-order valence-electron chi connectivity index (χ3n) is 3.12. The SMILES string of the molecule is CCn1nc(C)cc1C(=O)NCC(C)Oc1cccc(F)c1. The van der Waals surface area contributed by atoms with Crippen LogP contribution in [0.2, 0.25) is 0 Å². The van der Waals surface area contributed by atoms with E-state index in [1.165, 1.54) is 12.1 Å². The molecular weight excluding hydrogens is 285 g/mol. The third kappa shape index (κ3) is 4.07. The highest BCUT2D eigenvalue weighted by Gasteiger charge is 2.14. The highest BCUT2D eigenvalue weighted by Crippen LogP contribution is 2.13. The molecule has 0 aliphatic heterocycles. The van der Waals surface area contributed by atoms with E-state index in [1.54, 1.807) is 22.9 Å². The maximum atomic E-state index is 13.1. The zero-order valence-corrected chi connectivity index (χ0v) is 13.0. The number of halogens is 1. The molecule has 5 nitrogen and oxygen atoms in total. The Bertz CT molecular complexity index is 655. The predicted molar refractivity (Wildman–Crippen MR) is 81.5 cm³/mol. The number of benzene rings is 1. The van der Waals surface area contributed by atoms with Crippen molar-refractivity contribution in [2.45, 2.75) is 33.4 Å². The summed E-state index contributed by atoms with van der Waals surface area (Å²) in [6.07, 6.45) is -0.273. The molecule has 0 radical (unpaired) electrons. The summed E-state index contributed by atoms with van der Waals surface area (Å²) in [7, 11) is 0. The van der Waals surface area contributed by atoms with E-state index >= 15 is 0 Å². The van der Waals surface area contributed by atoms with Crippen molar-refractivity contribution in [3.05, 3.63) is 47.5 Å². The Labute approximate surface area is 129 Å². The number of carbonyl (C=O) groups excluding carboxylic acids is 1. The number of ether oxygens (including phenoxy) is 1. The zero-order valence-electron chi connectivity index (χ0n) is 13.0. The van der Waals surface area contributed by atoms with Gasteiger partial charge in [0.1, 0.15) is 23.4 Å². The first kappa shape index (κ1) is 16.0. The molecule has 1 amide bonds. The van der Waals surface area contributed by atoms with Crippen molar-refractivity contribution in [2.24, 2.45) is 0 Å². The molecule has 2 rings (SSSR count). The number of amides is 1. The molecule has 2 aromatic rings. The standard InChI is InChI=1S/C16H20FN3O2/c1-4-20-15(8-11(2)19-20)16(21)18-10-12(3)22-14-7-5-6-13(17)9-14/h5-9,12H,4,10H2,1-3H3,(H,18,21). The lowest BCUT2D eigenvalue weighted by Crippen LogP contribution is -2.34. The second-order valence-electron chi connectivity index (χ2n) is 5.08. The predicted octanol–water partition coefficient (Wildman–Crippen LogP) is 2.55. The van der Waals surface area contributed by atoms with E-state index in [0.717, 1.165) is 5.69 Å². The quantitative estimate of drug-likeness (QED) is 0.892. The van der Waals surface area contributed by atoms with Gasteiger partial charge in [-0.05, 0) is 39.0 Å². The Morgan fingerprint density at radius 2 is 2.23 bits per heavy atom. The van der Waals surface area contributed by atoms with Crippen LogP contribution in [0.3, 0.4) is 0 Å². The second kappa shape index (κ2) is 7.06. The lowest BCUT2D eigenvalue weighted by atomic mass is 10.3. The van der Waals surface area contributed by atoms with Crippen LogP contribution < -0.4 is 10.1 Å². The van der Waals surface area contributed by atoms with Crippen LogP contribution in [0.15, 0.2) is 30.3 Å².